The Bertz CT molecular complexity index is 2360. The molecular weight excluding hydrogens is 833 g/mol. The second-order valence-corrected chi connectivity index (χ2v) is 12.4. The SMILES string of the molecule is CC(=O)O.CC(=O)O.COc1cc(OC)c(F)c(-c2cc3cnc(SC)nc3c(=O)[nH]2)c1F.COc1cc(OC)c(F)c(-c2cc3cnc(SC)nc3c(=O)o2)c1F.N. The largest absolute Gasteiger partial charge is 0.494 e. The number of fused-ring (bicyclic) bond motifs is 2. The third-order valence-corrected chi connectivity index (χ3v) is 8.19. The molecule has 0 atom stereocenters. The Hall–Kier alpha value is -6.46. The summed E-state index contributed by atoms with van der Waals surface area (Å²) >= 11 is 2.53. The zero-order valence-corrected chi connectivity index (χ0v) is 34.0. The second kappa shape index (κ2) is 21.9. The minimum absolute atomic E-state index is 0. The summed E-state index contributed by atoms with van der Waals surface area (Å²) in [5.41, 5.74) is -2.33. The highest BCUT2D eigenvalue weighted by Gasteiger charge is 2.25. The van der Waals surface area contributed by atoms with Crippen LogP contribution in [0.1, 0.15) is 13.8 Å². The van der Waals surface area contributed by atoms with Gasteiger partial charge in [-0.25, -0.2) is 42.3 Å². The molecule has 6 aromatic rings. The van der Waals surface area contributed by atoms with Crippen LogP contribution < -0.4 is 36.3 Å². The minimum atomic E-state index is -1.01. The van der Waals surface area contributed by atoms with Gasteiger partial charge < -0.3 is 44.7 Å². The van der Waals surface area contributed by atoms with Crippen molar-refractivity contribution in [3.05, 3.63) is 80.7 Å². The van der Waals surface area contributed by atoms with Gasteiger partial charge in [0.2, 0.25) is 0 Å². The van der Waals surface area contributed by atoms with E-state index in [4.69, 9.17) is 43.2 Å². The molecule has 4 heterocycles. The van der Waals surface area contributed by atoms with Crippen LogP contribution in [0.15, 0.2) is 61.0 Å². The molecule has 0 fully saturated rings. The van der Waals surface area contributed by atoms with E-state index in [0.29, 0.717) is 21.1 Å². The van der Waals surface area contributed by atoms with Crippen molar-refractivity contribution in [2.75, 3.05) is 41.0 Å². The first kappa shape index (κ1) is 48.7. The number of nitrogens with one attached hydrogen (secondary N) is 1. The van der Waals surface area contributed by atoms with Crippen LogP contribution in [-0.4, -0.2) is 88.0 Å². The second-order valence-electron chi connectivity index (χ2n) is 10.8. The third kappa shape index (κ3) is 11.8. The molecule has 0 aliphatic heterocycles. The number of rotatable bonds is 8. The Morgan fingerprint density at radius 3 is 1.42 bits per heavy atom. The van der Waals surface area contributed by atoms with Crippen LogP contribution in [0.5, 0.6) is 23.0 Å². The number of carbonyl (C=O) groups is 2. The lowest BCUT2D eigenvalue weighted by Crippen LogP contribution is -2.11. The van der Waals surface area contributed by atoms with Gasteiger partial charge in [-0.15, -0.1) is 0 Å². The molecule has 0 bridgehead atoms. The maximum Gasteiger partial charge on any atom is 0.363 e. The van der Waals surface area contributed by atoms with E-state index in [9.17, 15) is 27.2 Å². The molecule has 6 rings (SSSR count). The zero-order chi connectivity index (χ0) is 43.4. The van der Waals surface area contributed by atoms with E-state index >= 15 is 0 Å². The van der Waals surface area contributed by atoms with Gasteiger partial charge in [-0.2, -0.15) is 0 Å². The van der Waals surface area contributed by atoms with Gasteiger partial charge >= 0.3 is 5.63 Å². The number of nitrogens with zero attached hydrogens (tertiary/aromatic N) is 4. The lowest BCUT2D eigenvalue weighted by molar-refractivity contribution is -0.135. The fraction of sp³-hybridized carbons (Fsp3) is 0.222. The smallest absolute Gasteiger partial charge is 0.363 e. The lowest BCUT2D eigenvalue weighted by Gasteiger charge is -2.13. The van der Waals surface area contributed by atoms with E-state index in [1.165, 1.54) is 76.5 Å². The number of pyridine rings is 1. The number of carboxylic acids is 2. The molecule has 0 spiro atoms. The zero-order valence-electron chi connectivity index (χ0n) is 32.4. The van der Waals surface area contributed by atoms with Crippen molar-refractivity contribution in [2.45, 2.75) is 24.2 Å². The van der Waals surface area contributed by atoms with Crippen LogP contribution in [0.4, 0.5) is 17.6 Å². The number of aromatic nitrogens is 5. The van der Waals surface area contributed by atoms with Gasteiger partial charge in [0.15, 0.2) is 62.1 Å². The molecule has 0 radical (unpaired) electrons. The van der Waals surface area contributed by atoms with Gasteiger partial charge in [0, 0.05) is 49.1 Å². The number of hydrogen-bond acceptors (Lipinski definition) is 16. The number of carboxylic acid groups (broad SMARTS) is 2. The highest BCUT2D eigenvalue weighted by molar-refractivity contribution is 7.98. The molecule has 0 amide bonds. The van der Waals surface area contributed by atoms with Crippen molar-refractivity contribution < 1.29 is 60.7 Å². The monoisotopic (exact) mass is 868 g/mol. The van der Waals surface area contributed by atoms with E-state index in [0.717, 1.165) is 26.0 Å². The normalized spacial score (nSPS) is 10.1. The number of halogens is 4. The summed E-state index contributed by atoms with van der Waals surface area (Å²) in [7, 11) is 4.96. The molecule has 4 aromatic heterocycles. The maximum absolute atomic E-state index is 14.6. The van der Waals surface area contributed by atoms with E-state index in [1.54, 1.807) is 12.5 Å². The van der Waals surface area contributed by atoms with Crippen molar-refractivity contribution in [1.82, 2.24) is 31.1 Å². The van der Waals surface area contributed by atoms with Crippen molar-refractivity contribution >= 4 is 57.3 Å². The molecule has 0 saturated heterocycles. The molecular formula is C36H36F4N6O11S2. The first-order valence-electron chi connectivity index (χ1n) is 15.8. The number of aromatic amines is 1. The summed E-state index contributed by atoms with van der Waals surface area (Å²) < 4.78 is 83.0. The number of benzene rings is 2. The van der Waals surface area contributed by atoms with Crippen LogP contribution in [-0.2, 0) is 9.59 Å². The van der Waals surface area contributed by atoms with E-state index in [1.807, 2.05) is 0 Å². The number of ether oxygens (including phenoxy) is 4. The first-order valence-corrected chi connectivity index (χ1v) is 18.3. The highest BCUT2D eigenvalue weighted by atomic mass is 32.2. The summed E-state index contributed by atoms with van der Waals surface area (Å²) in [6.45, 7) is 2.17. The maximum atomic E-state index is 14.6. The van der Waals surface area contributed by atoms with Gasteiger partial charge in [-0.05, 0) is 24.6 Å². The lowest BCUT2D eigenvalue weighted by atomic mass is 10.1. The molecule has 2 aromatic carbocycles. The molecule has 0 aliphatic carbocycles. The Balaban J connectivity index is 0.000000339. The van der Waals surface area contributed by atoms with Crippen molar-refractivity contribution in [1.29, 1.82) is 0 Å². The summed E-state index contributed by atoms with van der Waals surface area (Å²) in [6.07, 6.45) is 6.35. The van der Waals surface area contributed by atoms with Gasteiger partial charge in [0.05, 0.1) is 45.3 Å². The average Bonchev–Trinajstić information content (AvgIpc) is 3.18. The summed E-state index contributed by atoms with van der Waals surface area (Å²) in [4.78, 5) is 61.2. The van der Waals surface area contributed by atoms with Gasteiger partial charge in [0.25, 0.3) is 17.5 Å². The number of aliphatic carboxylic acids is 2. The Kier molecular flexibility index (Phi) is 18.1. The molecule has 23 heteroatoms. The molecule has 59 heavy (non-hydrogen) atoms. The molecule has 0 unspecified atom stereocenters. The van der Waals surface area contributed by atoms with E-state index < -0.39 is 57.5 Å². The standard InChI is InChI=1S/C16H13F2N3O3S.C16H12F2N2O4S.2C2H4O2.H3N/c1-23-9-5-10(24-2)13(18)11(12(9)17)8-4-7-6-19-16(25-3)21-14(7)15(22)20-8;1-22-9-5-10(23-2)13(18)11(12(9)17)8-4-7-6-19-16(25-3)20-14(7)15(21)24-8;2*1-2(3)4;/h4-6H,1-3H3,(H,20,22);4-6H,1-3H3;2*1H3,(H,3,4);1H3. The third-order valence-electron chi connectivity index (χ3n) is 7.06. The number of thioether (sulfide) groups is 2. The van der Waals surface area contributed by atoms with E-state index in [2.05, 4.69) is 24.9 Å². The van der Waals surface area contributed by atoms with E-state index in [-0.39, 0.29) is 51.6 Å². The number of H-pyrrole nitrogens is 1. The Labute approximate surface area is 339 Å². The van der Waals surface area contributed by atoms with Gasteiger partial charge in [0.1, 0.15) is 11.3 Å². The fourth-order valence-corrected chi connectivity index (χ4v) is 5.36. The van der Waals surface area contributed by atoms with Gasteiger partial charge in [-0.3, -0.25) is 14.4 Å². The van der Waals surface area contributed by atoms with Crippen molar-refractivity contribution in [3.63, 3.8) is 0 Å². The molecule has 0 saturated carbocycles. The molecule has 17 nitrogen and oxygen atoms in total. The average molecular weight is 869 g/mol. The minimum Gasteiger partial charge on any atom is -0.494 e. The Morgan fingerprint density at radius 1 is 0.661 bits per heavy atom. The summed E-state index contributed by atoms with van der Waals surface area (Å²) in [5, 5.41) is 16.3. The van der Waals surface area contributed by atoms with Crippen LogP contribution in [0.2, 0.25) is 0 Å². The molecule has 6 N–H and O–H groups in total. The first-order chi connectivity index (χ1) is 27.5. The summed E-state index contributed by atoms with van der Waals surface area (Å²) in [6, 6.07) is 4.87. The van der Waals surface area contributed by atoms with Gasteiger partial charge in [-0.1, -0.05) is 23.5 Å². The fourth-order valence-electron chi connectivity index (χ4n) is 4.68. The number of methoxy groups -OCH3 is 4. The molecule has 0 aliphatic rings. The van der Waals surface area contributed by atoms with Crippen LogP contribution in [0, 0.1) is 23.3 Å². The predicted octanol–water partition coefficient (Wildman–Crippen LogP) is 6.61. The van der Waals surface area contributed by atoms with Crippen molar-refractivity contribution in [3.8, 4) is 45.6 Å². The van der Waals surface area contributed by atoms with Crippen LogP contribution in [0.25, 0.3) is 44.4 Å². The van der Waals surface area contributed by atoms with Crippen LogP contribution in [0.3, 0.4) is 0 Å². The number of hydrogen-bond donors (Lipinski definition) is 4. The molecule has 316 valence electrons. The quantitative estimate of drug-likeness (QED) is 0.0712. The summed E-state index contributed by atoms with van der Waals surface area (Å²) in [5.74, 6) is -6.80. The van der Waals surface area contributed by atoms with Crippen LogP contribution >= 0.6 is 23.5 Å². The highest BCUT2D eigenvalue weighted by Crippen LogP contribution is 2.39. The predicted molar refractivity (Wildman–Crippen MR) is 210 cm³/mol. The topological polar surface area (TPSA) is 261 Å². The van der Waals surface area contributed by atoms with Crippen molar-refractivity contribution in [2.24, 2.45) is 0 Å². The Morgan fingerprint density at radius 2 is 1.03 bits per heavy atom.